The van der Waals surface area contributed by atoms with Crippen LogP contribution in [0.4, 0.5) is 0 Å². The van der Waals surface area contributed by atoms with Crippen molar-refractivity contribution in [2.75, 3.05) is 5.75 Å². The van der Waals surface area contributed by atoms with E-state index in [4.69, 9.17) is 0 Å². The summed E-state index contributed by atoms with van der Waals surface area (Å²) >= 11 is 1.39. The van der Waals surface area contributed by atoms with Crippen LogP contribution in [0.1, 0.15) is 42.7 Å². The van der Waals surface area contributed by atoms with Gasteiger partial charge in [0.05, 0.1) is 28.5 Å². The Labute approximate surface area is 192 Å². The van der Waals surface area contributed by atoms with Crippen molar-refractivity contribution in [2.24, 2.45) is 5.92 Å². The average molecular weight is 449 g/mol. The molecule has 0 spiro atoms. The van der Waals surface area contributed by atoms with E-state index >= 15 is 0 Å². The van der Waals surface area contributed by atoms with Crippen molar-refractivity contribution in [3.63, 3.8) is 0 Å². The predicted octanol–water partition coefficient (Wildman–Crippen LogP) is 4.67. The standard InChI is InChI=1S/C24H28N6OS/c1-14(2)22(23-25-18-8-6-7-9-19(18)26-23)27-21(31)13-32-24-29-28-17(5)30(24)20-12-15(3)10-11-16(20)4/h6-12,14,22H,13H2,1-5H3,(H,25,26)(H,27,31). The first-order chi connectivity index (χ1) is 15.3. The topological polar surface area (TPSA) is 88.5 Å². The SMILES string of the molecule is Cc1ccc(C)c(-n2c(C)nnc2SCC(=O)NC(c2nc3ccccc3[nH]2)C(C)C)c1. The zero-order chi connectivity index (χ0) is 22.8. The van der Waals surface area contributed by atoms with E-state index in [1.165, 1.54) is 11.8 Å². The number of para-hydroxylation sites is 2. The van der Waals surface area contributed by atoms with E-state index in [1.807, 2.05) is 35.8 Å². The Morgan fingerprint density at radius 2 is 1.91 bits per heavy atom. The zero-order valence-corrected chi connectivity index (χ0v) is 19.8. The van der Waals surface area contributed by atoms with Gasteiger partial charge in [-0.05, 0) is 56.0 Å². The molecule has 166 valence electrons. The third kappa shape index (κ3) is 4.55. The number of benzene rings is 2. The number of nitrogens with one attached hydrogen (secondary N) is 2. The molecule has 1 atom stereocenters. The molecule has 2 aromatic heterocycles. The predicted molar refractivity (Wildman–Crippen MR) is 128 cm³/mol. The number of hydrogen-bond acceptors (Lipinski definition) is 5. The molecule has 0 aliphatic carbocycles. The van der Waals surface area contributed by atoms with E-state index in [9.17, 15) is 4.79 Å². The van der Waals surface area contributed by atoms with Gasteiger partial charge in [-0.2, -0.15) is 0 Å². The highest BCUT2D eigenvalue weighted by Crippen LogP contribution is 2.26. The summed E-state index contributed by atoms with van der Waals surface area (Å²) in [5.74, 6) is 1.93. The van der Waals surface area contributed by atoms with Crippen LogP contribution in [-0.2, 0) is 4.79 Å². The van der Waals surface area contributed by atoms with Crippen LogP contribution in [0.25, 0.3) is 16.7 Å². The third-order valence-corrected chi connectivity index (χ3v) is 6.35. The molecule has 0 fully saturated rings. The number of carbonyl (C=O) groups is 1. The number of nitrogens with zero attached hydrogens (tertiary/aromatic N) is 4. The molecular formula is C24H28N6OS. The van der Waals surface area contributed by atoms with Crippen molar-refractivity contribution in [3.05, 3.63) is 65.2 Å². The number of amides is 1. The Morgan fingerprint density at radius 3 is 2.66 bits per heavy atom. The molecule has 4 rings (SSSR count). The molecule has 2 heterocycles. The molecular weight excluding hydrogens is 420 g/mol. The molecule has 1 unspecified atom stereocenters. The molecule has 0 bridgehead atoms. The number of carbonyl (C=O) groups excluding carboxylic acids is 1. The molecule has 2 aromatic carbocycles. The monoisotopic (exact) mass is 448 g/mol. The summed E-state index contributed by atoms with van der Waals surface area (Å²) in [6.45, 7) is 10.2. The molecule has 1 amide bonds. The third-order valence-electron chi connectivity index (χ3n) is 5.42. The molecule has 0 aliphatic heterocycles. The van der Waals surface area contributed by atoms with E-state index in [0.717, 1.165) is 39.5 Å². The fourth-order valence-electron chi connectivity index (χ4n) is 3.69. The Morgan fingerprint density at radius 1 is 1.12 bits per heavy atom. The molecule has 8 heteroatoms. The molecule has 0 aliphatic rings. The number of fused-ring (bicyclic) bond motifs is 1. The van der Waals surface area contributed by atoms with E-state index in [1.54, 1.807) is 0 Å². The Bertz CT molecular complexity index is 1230. The minimum absolute atomic E-state index is 0.0673. The van der Waals surface area contributed by atoms with E-state index in [0.29, 0.717) is 5.16 Å². The second kappa shape index (κ2) is 9.16. The average Bonchev–Trinajstić information content (AvgIpc) is 3.35. The van der Waals surface area contributed by atoms with Gasteiger partial charge in [0, 0.05) is 0 Å². The van der Waals surface area contributed by atoms with Gasteiger partial charge in [0.1, 0.15) is 11.6 Å². The van der Waals surface area contributed by atoms with Crippen molar-refractivity contribution >= 4 is 28.7 Å². The van der Waals surface area contributed by atoms with Gasteiger partial charge in [0.15, 0.2) is 5.16 Å². The number of imidazole rings is 1. The van der Waals surface area contributed by atoms with Gasteiger partial charge in [0.25, 0.3) is 0 Å². The largest absolute Gasteiger partial charge is 0.345 e. The summed E-state index contributed by atoms with van der Waals surface area (Å²) in [4.78, 5) is 20.9. The number of aromatic nitrogens is 5. The van der Waals surface area contributed by atoms with Crippen molar-refractivity contribution in [2.45, 2.75) is 45.8 Å². The minimum Gasteiger partial charge on any atom is -0.345 e. The van der Waals surface area contributed by atoms with Crippen LogP contribution in [0.2, 0.25) is 0 Å². The van der Waals surface area contributed by atoms with E-state index in [-0.39, 0.29) is 23.6 Å². The first kappa shape index (κ1) is 22.1. The summed E-state index contributed by atoms with van der Waals surface area (Å²) in [7, 11) is 0. The van der Waals surface area contributed by atoms with Crippen LogP contribution >= 0.6 is 11.8 Å². The van der Waals surface area contributed by atoms with Crippen LogP contribution in [0, 0.1) is 26.7 Å². The fraction of sp³-hybridized carbons (Fsp3) is 0.333. The summed E-state index contributed by atoms with van der Waals surface area (Å²) in [5.41, 5.74) is 5.20. The van der Waals surface area contributed by atoms with E-state index < -0.39 is 0 Å². The van der Waals surface area contributed by atoms with Gasteiger partial charge in [-0.3, -0.25) is 9.36 Å². The van der Waals surface area contributed by atoms with Crippen molar-refractivity contribution in [1.82, 2.24) is 30.0 Å². The Kier molecular flexibility index (Phi) is 6.32. The summed E-state index contributed by atoms with van der Waals surface area (Å²) in [5, 5.41) is 12.4. The fourth-order valence-corrected chi connectivity index (χ4v) is 4.49. The second-order valence-corrected chi connectivity index (χ2v) is 9.31. The molecule has 7 nitrogen and oxygen atoms in total. The maximum Gasteiger partial charge on any atom is 0.231 e. The number of aromatic amines is 1. The maximum atomic E-state index is 12.9. The number of thioether (sulfide) groups is 1. The van der Waals surface area contributed by atoms with Gasteiger partial charge in [-0.1, -0.05) is 49.9 Å². The molecule has 4 aromatic rings. The minimum atomic E-state index is -0.200. The zero-order valence-electron chi connectivity index (χ0n) is 19.0. The van der Waals surface area contributed by atoms with Crippen LogP contribution in [0.5, 0.6) is 0 Å². The first-order valence-corrected chi connectivity index (χ1v) is 11.7. The molecule has 0 saturated carbocycles. The lowest BCUT2D eigenvalue weighted by Gasteiger charge is -2.20. The molecule has 0 radical (unpaired) electrons. The Balaban J connectivity index is 1.49. The van der Waals surface area contributed by atoms with Crippen molar-refractivity contribution in [1.29, 1.82) is 0 Å². The number of rotatable bonds is 7. The summed E-state index contributed by atoms with van der Waals surface area (Å²) in [6, 6.07) is 14.0. The second-order valence-electron chi connectivity index (χ2n) is 8.37. The quantitative estimate of drug-likeness (QED) is 0.401. The summed E-state index contributed by atoms with van der Waals surface area (Å²) < 4.78 is 2.01. The molecule has 0 saturated heterocycles. The first-order valence-electron chi connectivity index (χ1n) is 10.7. The molecule has 32 heavy (non-hydrogen) atoms. The van der Waals surface area contributed by atoms with E-state index in [2.05, 4.69) is 71.4 Å². The van der Waals surface area contributed by atoms with Crippen LogP contribution < -0.4 is 5.32 Å². The van der Waals surface area contributed by atoms with Crippen molar-refractivity contribution < 1.29 is 4.79 Å². The molecule has 2 N–H and O–H groups in total. The van der Waals surface area contributed by atoms with Crippen molar-refractivity contribution in [3.8, 4) is 5.69 Å². The number of aryl methyl sites for hydroxylation is 3. The normalized spacial score (nSPS) is 12.4. The highest BCUT2D eigenvalue weighted by molar-refractivity contribution is 7.99. The van der Waals surface area contributed by atoms with Gasteiger partial charge >= 0.3 is 0 Å². The van der Waals surface area contributed by atoms with Crippen LogP contribution in [0.15, 0.2) is 47.6 Å². The lowest BCUT2D eigenvalue weighted by atomic mass is 10.0. The number of H-pyrrole nitrogens is 1. The van der Waals surface area contributed by atoms with Gasteiger partial charge in [-0.25, -0.2) is 4.98 Å². The van der Waals surface area contributed by atoms with Gasteiger partial charge < -0.3 is 10.3 Å². The maximum absolute atomic E-state index is 12.9. The van der Waals surface area contributed by atoms with Crippen LogP contribution in [0.3, 0.4) is 0 Å². The van der Waals surface area contributed by atoms with Crippen LogP contribution in [-0.4, -0.2) is 36.4 Å². The lowest BCUT2D eigenvalue weighted by Crippen LogP contribution is -2.33. The lowest BCUT2D eigenvalue weighted by molar-refractivity contribution is -0.119. The Hall–Kier alpha value is -3.13. The summed E-state index contributed by atoms with van der Waals surface area (Å²) in [6.07, 6.45) is 0. The van der Waals surface area contributed by atoms with Gasteiger partial charge in [0.2, 0.25) is 5.91 Å². The highest BCUT2D eigenvalue weighted by Gasteiger charge is 2.23. The smallest absolute Gasteiger partial charge is 0.231 e. The number of hydrogen-bond donors (Lipinski definition) is 2. The van der Waals surface area contributed by atoms with Gasteiger partial charge in [-0.15, -0.1) is 10.2 Å². The highest BCUT2D eigenvalue weighted by atomic mass is 32.2.